The summed E-state index contributed by atoms with van der Waals surface area (Å²) in [5.74, 6) is 2.03. The van der Waals surface area contributed by atoms with E-state index >= 15 is 0 Å². The van der Waals surface area contributed by atoms with Crippen molar-refractivity contribution in [3.05, 3.63) is 15.9 Å². The Morgan fingerprint density at radius 1 is 1.10 bits per heavy atom. The molecule has 0 aliphatic rings. The Morgan fingerprint density at radius 3 is 2.29 bits per heavy atom. The molecule has 0 saturated carbocycles. The Bertz CT molecular complexity index is 426. The van der Waals surface area contributed by atoms with Crippen LogP contribution in [-0.4, -0.2) is 22.9 Å². The fourth-order valence-corrected chi connectivity index (χ4v) is 3.25. The molecule has 0 amide bonds. The summed E-state index contributed by atoms with van der Waals surface area (Å²) in [5.41, 5.74) is 2.54. The minimum Gasteiger partial charge on any atom is -0.316 e. The van der Waals surface area contributed by atoms with Gasteiger partial charge in [-0.25, -0.2) is 0 Å². The molecule has 1 N–H and O–H groups in total. The van der Waals surface area contributed by atoms with Crippen LogP contribution in [0.1, 0.15) is 52.9 Å². The number of hydrogen-bond acceptors (Lipinski definition) is 2. The largest absolute Gasteiger partial charge is 0.316 e. The van der Waals surface area contributed by atoms with Gasteiger partial charge in [0.1, 0.15) is 0 Å². The van der Waals surface area contributed by atoms with E-state index in [1.54, 1.807) is 0 Å². The molecule has 2 unspecified atom stereocenters. The summed E-state index contributed by atoms with van der Waals surface area (Å²) in [4.78, 5) is 0. The van der Waals surface area contributed by atoms with Crippen molar-refractivity contribution < 1.29 is 0 Å². The first-order valence-electron chi connectivity index (χ1n) is 8.35. The smallest absolute Gasteiger partial charge is 0.0766 e. The molecule has 0 aromatic carbocycles. The second kappa shape index (κ2) is 8.94. The van der Waals surface area contributed by atoms with Gasteiger partial charge in [-0.2, -0.15) is 5.10 Å². The van der Waals surface area contributed by atoms with Crippen LogP contribution in [0.3, 0.4) is 0 Å². The second-order valence-corrected chi connectivity index (χ2v) is 7.38. The molecular formula is C17H32BrN3. The van der Waals surface area contributed by atoms with Crippen molar-refractivity contribution in [2.24, 2.45) is 17.8 Å². The molecule has 21 heavy (non-hydrogen) atoms. The second-order valence-electron chi connectivity index (χ2n) is 6.59. The predicted octanol–water partition coefficient (Wildman–Crippen LogP) is 4.29. The quantitative estimate of drug-likeness (QED) is 0.714. The highest BCUT2D eigenvalue weighted by atomic mass is 79.9. The van der Waals surface area contributed by atoms with Gasteiger partial charge in [0.05, 0.1) is 15.9 Å². The van der Waals surface area contributed by atoms with Gasteiger partial charge in [-0.15, -0.1) is 0 Å². The number of rotatable bonds is 9. The van der Waals surface area contributed by atoms with Gasteiger partial charge >= 0.3 is 0 Å². The number of aryl methyl sites for hydroxylation is 2. The molecule has 4 heteroatoms. The van der Waals surface area contributed by atoms with Crippen LogP contribution in [0.2, 0.25) is 0 Å². The fourth-order valence-electron chi connectivity index (χ4n) is 2.52. The SMILES string of the molecule is CCc1nn(CC)c(CC(C)C(C)CNCC(C)C)c1Br. The van der Waals surface area contributed by atoms with Gasteiger partial charge in [-0.3, -0.25) is 4.68 Å². The van der Waals surface area contributed by atoms with Crippen molar-refractivity contribution in [3.63, 3.8) is 0 Å². The van der Waals surface area contributed by atoms with Gasteiger partial charge in [0.2, 0.25) is 0 Å². The van der Waals surface area contributed by atoms with E-state index in [4.69, 9.17) is 5.10 Å². The number of hydrogen-bond donors (Lipinski definition) is 1. The predicted molar refractivity (Wildman–Crippen MR) is 94.7 cm³/mol. The van der Waals surface area contributed by atoms with Gasteiger partial charge < -0.3 is 5.32 Å². The monoisotopic (exact) mass is 357 g/mol. The lowest BCUT2D eigenvalue weighted by Gasteiger charge is -2.21. The van der Waals surface area contributed by atoms with Gasteiger partial charge in [0.25, 0.3) is 0 Å². The standard InChI is InChI=1S/C17H32BrN3/c1-7-15-17(18)16(21(8-2)20-15)9-13(5)14(6)11-19-10-12(3)4/h12-14,19H,7-11H2,1-6H3. The number of nitrogens with zero attached hydrogens (tertiary/aromatic N) is 2. The third kappa shape index (κ3) is 5.41. The highest BCUT2D eigenvalue weighted by Crippen LogP contribution is 2.26. The van der Waals surface area contributed by atoms with E-state index in [0.717, 1.165) is 38.4 Å². The Hall–Kier alpha value is -0.350. The third-order valence-electron chi connectivity index (χ3n) is 4.20. The minimum atomic E-state index is 0.646. The van der Waals surface area contributed by atoms with E-state index in [0.29, 0.717) is 11.8 Å². The van der Waals surface area contributed by atoms with Crippen molar-refractivity contribution in [2.75, 3.05) is 13.1 Å². The Kier molecular flexibility index (Phi) is 7.96. The van der Waals surface area contributed by atoms with Gasteiger partial charge in [0, 0.05) is 6.54 Å². The lowest BCUT2D eigenvalue weighted by molar-refractivity contribution is 0.350. The number of halogens is 1. The molecule has 1 heterocycles. The van der Waals surface area contributed by atoms with E-state index in [-0.39, 0.29) is 0 Å². The molecule has 2 atom stereocenters. The Morgan fingerprint density at radius 2 is 1.76 bits per heavy atom. The van der Waals surface area contributed by atoms with E-state index in [9.17, 15) is 0 Å². The lowest BCUT2D eigenvalue weighted by Crippen LogP contribution is -2.29. The average Bonchev–Trinajstić information content (AvgIpc) is 2.74. The summed E-state index contributed by atoms with van der Waals surface area (Å²) >= 11 is 3.75. The molecule has 0 saturated heterocycles. The molecule has 1 aromatic heterocycles. The Labute approximate surface area is 139 Å². The molecule has 0 bridgehead atoms. The van der Waals surface area contributed by atoms with Gasteiger partial charge in [-0.1, -0.05) is 34.6 Å². The Balaban J connectivity index is 2.65. The average molecular weight is 358 g/mol. The molecule has 122 valence electrons. The van der Waals surface area contributed by atoms with Gasteiger partial charge in [-0.05, 0) is 66.5 Å². The highest BCUT2D eigenvalue weighted by molar-refractivity contribution is 9.10. The molecule has 0 aliphatic heterocycles. The normalized spacial score (nSPS) is 14.7. The van der Waals surface area contributed by atoms with Gasteiger partial charge in [0.15, 0.2) is 0 Å². The number of nitrogens with one attached hydrogen (secondary N) is 1. The summed E-state index contributed by atoms with van der Waals surface area (Å²) in [5, 5.41) is 8.28. The van der Waals surface area contributed by atoms with Crippen molar-refractivity contribution in [3.8, 4) is 0 Å². The zero-order chi connectivity index (χ0) is 16.0. The first-order valence-corrected chi connectivity index (χ1v) is 9.14. The lowest BCUT2D eigenvalue weighted by atomic mass is 9.91. The van der Waals surface area contributed by atoms with Crippen LogP contribution in [0.25, 0.3) is 0 Å². The van der Waals surface area contributed by atoms with Crippen molar-refractivity contribution in [1.82, 2.24) is 15.1 Å². The van der Waals surface area contributed by atoms with Crippen LogP contribution in [0, 0.1) is 17.8 Å². The van der Waals surface area contributed by atoms with E-state index in [1.807, 2.05) is 0 Å². The topological polar surface area (TPSA) is 29.9 Å². The molecule has 3 nitrogen and oxygen atoms in total. The van der Waals surface area contributed by atoms with Crippen LogP contribution >= 0.6 is 15.9 Å². The summed E-state index contributed by atoms with van der Waals surface area (Å²) in [6, 6.07) is 0. The zero-order valence-electron chi connectivity index (χ0n) is 14.5. The molecule has 0 fully saturated rings. The molecule has 0 spiro atoms. The minimum absolute atomic E-state index is 0.646. The van der Waals surface area contributed by atoms with Crippen LogP contribution in [0.4, 0.5) is 0 Å². The van der Waals surface area contributed by atoms with E-state index in [2.05, 4.69) is 67.5 Å². The van der Waals surface area contributed by atoms with Crippen LogP contribution in [0.15, 0.2) is 4.47 Å². The summed E-state index contributed by atoms with van der Waals surface area (Å²) in [6.07, 6.45) is 2.08. The summed E-state index contributed by atoms with van der Waals surface area (Å²) in [6.45, 7) is 16.7. The molecule has 1 rings (SSSR count). The van der Waals surface area contributed by atoms with E-state index < -0.39 is 0 Å². The van der Waals surface area contributed by atoms with Crippen molar-refractivity contribution in [1.29, 1.82) is 0 Å². The summed E-state index contributed by atoms with van der Waals surface area (Å²) in [7, 11) is 0. The van der Waals surface area contributed by atoms with E-state index in [1.165, 1.54) is 15.9 Å². The zero-order valence-corrected chi connectivity index (χ0v) is 16.1. The molecular weight excluding hydrogens is 326 g/mol. The highest BCUT2D eigenvalue weighted by Gasteiger charge is 2.19. The first kappa shape index (κ1) is 18.7. The van der Waals surface area contributed by atoms with Crippen LogP contribution in [-0.2, 0) is 19.4 Å². The first-order chi connectivity index (χ1) is 9.90. The molecule has 1 aromatic rings. The van der Waals surface area contributed by atoms with Crippen LogP contribution < -0.4 is 5.32 Å². The molecule has 0 radical (unpaired) electrons. The van der Waals surface area contributed by atoms with Crippen LogP contribution in [0.5, 0.6) is 0 Å². The summed E-state index contributed by atoms with van der Waals surface area (Å²) < 4.78 is 3.38. The maximum Gasteiger partial charge on any atom is 0.0766 e. The van der Waals surface area contributed by atoms with Crippen molar-refractivity contribution in [2.45, 2.75) is 60.9 Å². The van der Waals surface area contributed by atoms with Crippen molar-refractivity contribution >= 4 is 15.9 Å². The maximum absolute atomic E-state index is 4.70. The molecule has 0 aliphatic carbocycles. The fraction of sp³-hybridized carbons (Fsp3) is 0.824. The number of aromatic nitrogens is 2. The third-order valence-corrected chi connectivity index (χ3v) is 5.12. The maximum atomic E-state index is 4.70.